The summed E-state index contributed by atoms with van der Waals surface area (Å²) in [6, 6.07) is 5.35. The molecule has 0 aliphatic heterocycles. The number of unbranched alkanes of at least 4 members (excludes halogenated alkanes) is 1. The molecular weight excluding hydrogens is 278 g/mol. The fourth-order valence-corrected chi connectivity index (χ4v) is 1.86. The van der Waals surface area contributed by atoms with Gasteiger partial charge in [0.25, 0.3) is 0 Å². The smallest absolute Gasteiger partial charge is 0.138 e. The van der Waals surface area contributed by atoms with Crippen molar-refractivity contribution in [2.45, 2.75) is 38.8 Å². The summed E-state index contributed by atoms with van der Waals surface area (Å²) in [6.45, 7) is 5.08. The minimum Gasteiger partial charge on any atom is -0.489 e. The minimum atomic E-state index is -0.656. The van der Waals surface area contributed by atoms with Crippen molar-refractivity contribution in [1.82, 2.24) is 0 Å². The Morgan fingerprint density at radius 3 is 2.70 bits per heavy atom. The number of nitrogens with two attached hydrogens (primary N) is 1. The number of aliphatic hydroxyl groups is 1. The Labute approximate surface area is 125 Å². The number of rotatable bonds is 9. The van der Waals surface area contributed by atoms with Gasteiger partial charge in [-0.05, 0) is 31.0 Å². The van der Waals surface area contributed by atoms with Crippen LogP contribution in [0.3, 0.4) is 0 Å². The average Bonchev–Trinajstić information content (AvgIpc) is 2.42. The van der Waals surface area contributed by atoms with Crippen LogP contribution >= 0.6 is 11.6 Å². The van der Waals surface area contributed by atoms with Gasteiger partial charge in [-0.3, -0.25) is 0 Å². The van der Waals surface area contributed by atoms with Gasteiger partial charge in [-0.15, -0.1) is 0 Å². The largest absolute Gasteiger partial charge is 0.489 e. The van der Waals surface area contributed by atoms with Crippen LogP contribution in [0.2, 0.25) is 5.02 Å². The van der Waals surface area contributed by atoms with Crippen LogP contribution < -0.4 is 10.5 Å². The fraction of sp³-hybridized carbons (Fsp3) is 0.600. The second-order valence-corrected chi connectivity index (χ2v) is 5.28. The van der Waals surface area contributed by atoms with Gasteiger partial charge >= 0.3 is 0 Å². The molecule has 0 fully saturated rings. The van der Waals surface area contributed by atoms with Gasteiger partial charge < -0.3 is 20.3 Å². The third-order valence-corrected chi connectivity index (χ3v) is 3.16. The van der Waals surface area contributed by atoms with Gasteiger partial charge in [0.15, 0.2) is 0 Å². The topological polar surface area (TPSA) is 64.7 Å². The Morgan fingerprint density at radius 1 is 1.35 bits per heavy atom. The van der Waals surface area contributed by atoms with E-state index in [1.165, 1.54) is 0 Å². The van der Waals surface area contributed by atoms with E-state index >= 15 is 0 Å². The van der Waals surface area contributed by atoms with Gasteiger partial charge in [0, 0.05) is 12.6 Å². The van der Waals surface area contributed by atoms with E-state index in [1.54, 1.807) is 12.1 Å². The Bertz CT molecular complexity index is 399. The zero-order chi connectivity index (χ0) is 15.0. The summed E-state index contributed by atoms with van der Waals surface area (Å²) in [4.78, 5) is 0. The lowest BCUT2D eigenvalue weighted by Gasteiger charge is -2.14. The molecule has 0 saturated carbocycles. The van der Waals surface area contributed by atoms with Gasteiger partial charge in [-0.1, -0.05) is 31.0 Å². The summed E-state index contributed by atoms with van der Waals surface area (Å²) in [7, 11) is 0. The first-order valence-electron chi connectivity index (χ1n) is 6.98. The van der Waals surface area contributed by atoms with Crippen molar-refractivity contribution in [1.29, 1.82) is 0 Å². The second kappa shape index (κ2) is 9.19. The molecule has 0 aliphatic rings. The van der Waals surface area contributed by atoms with Crippen LogP contribution in [0.4, 0.5) is 0 Å². The first-order valence-corrected chi connectivity index (χ1v) is 7.36. The lowest BCUT2D eigenvalue weighted by atomic mass is 10.1. The quantitative estimate of drug-likeness (QED) is 0.688. The van der Waals surface area contributed by atoms with Gasteiger partial charge in [-0.2, -0.15) is 0 Å². The van der Waals surface area contributed by atoms with Crippen LogP contribution in [-0.4, -0.2) is 31.0 Å². The fourth-order valence-electron chi connectivity index (χ4n) is 1.62. The van der Waals surface area contributed by atoms with Gasteiger partial charge in [0.2, 0.25) is 0 Å². The lowest BCUT2D eigenvalue weighted by Crippen LogP contribution is -2.23. The van der Waals surface area contributed by atoms with Gasteiger partial charge in [-0.25, -0.2) is 0 Å². The van der Waals surface area contributed by atoms with Crippen molar-refractivity contribution in [3.05, 3.63) is 28.8 Å². The molecule has 20 heavy (non-hydrogen) atoms. The highest BCUT2D eigenvalue weighted by atomic mass is 35.5. The Morgan fingerprint density at radius 2 is 2.10 bits per heavy atom. The highest BCUT2D eigenvalue weighted by Gasteiger charge is 2.09. The molecule has 0 amide bonds. The molecule has 1 aromatic rings. The minimum absolute atomic E-state index is 0.0703. The van der Waals surface area contributed by atoms with E-state index < -0.39 is 6.10 Å². The summed E-state index contributed by atoms with van der Waals surface area (Å²) >= 11 is 6.11. The maximum absolute atomic E-state index is 9.73. The van der Waals surface area contributed by atoms with Crippen LogP contribution in [0.25, 0.3) is 0 Å². The molecule has 0 radical (unpaired) electrons. The van der Waals surface area contributed by atoms with E-state index in [2.05, 4.69) is 6.92 Å². The molecule has 2 atom stereocenters. The average molecular weight is 302 g/mol. The zero-order valence-electron chi connectivity index (χ0n) is 12.1. The second-order valence-electron chi connectivity index (χ2n) is 4.87. The number of aliphatic hydroxyl groups excluding tert-OH is 1. The summed E-state index contributed by atoms with van der Waals surface area (Å²) in [5, 5.41) is 10.2. The maximum Gasteiger partial charge on any atom is 0.138 e. The molecule has 4 nitrogen and oxygen atoms in total. The SMILES string of the molecule is CCCCOCC(O)COc1ccc(C(C)N)cc1Cl. The number of ether oxygens (including phenoxy) is 2. The van der Waals surface area contributed by atoms with E-state index in [9.17, 15) is 5.11 Å². The van der Waals surface area contributed by atoms with Crippen LogP contribution in [0, 0.1) is 0 Å². The molecule has 0 aromatic heterocycles. The molecule has 0 bridgehead atoms. The molecule has 0 spiro atoms. The first kappa shape index (κ1) is 17.2. The molecule has 0 aliphatic carbocycles. The van der Waals surface area contributed by atoms with Crippen LogP contribution in [0.1, 0.15) is 38.3 Å². The third kappa shape index (κ3) is 6.09. The summed E-state index contributed by atoms with van der Waals surface area (Å²) in [5.74, 6) is 0.545. The van der Waals surface area contributed by atoms with E-state index in [1.807, 2.05) is 13.0 Å². The van der Waals surface area contributed by atoms with Gasteiger partial charge in [0.1, 0.15) is 18.5 Å². The number of hydrogen-bond acceptors (Lipinski definition) is 4. The van der Waals surface area contributed by atoms with E-state index in [4.69, 9.17) is 26.8 Å². The summed E-state index contributed by atoms with van der Waals surface area (Å²) < 4.78 is 10.8. The molecule has 1 rings (SSSR count). The molecule has 114 valence electrons. The van der Waals surface area contributed by atoms with Crippen molar-refractivity contribution in [3.63, 3.8) is 0 Å². The first-order chi connectivity index (χ1) is 9.54. The molecule has 2 unspecified atom stereocenters. The molecule has 1 aromatic carbocycles. The van der Waals surface area contributed by atoms with Crippen molar-refractivity contribution < 1.29 is 14.6 Å². The van der Waals surface area contributed by atoms with Gasteiger partial charge in [0.05, 0.1) is 11.6 Å². The van der Waals surface area contributed by atoms with E-state index in [0.29, 0.717) is 17.4 Å². The molecule has 0 heterocycles. The Hall–Kier alpha value is -0.810. The molecule has 5 heteroatoms. The highest BCUT2D eigenvalue weighted by Crippen LogP contribution is 2.27. The van der Waals surface area contributed by atoms with Crippen LogP contribution in [0.15, 0.2) is 18.2 Å². The van der Waals surface area contributed by atoms with E-state index in [0.717, 1.165) is 18.4 Å². The van der Waals surface area contributed by atoms with Crippen molar-refractivity contribution in [2.24, 2.45) is 5.73 Å². The predicted octanol–water partition coefficient (Wildman–Crippen LogP) is 2.92. The predicted molar refractivity (Wildman–Crippen MR) is 81.3 cm³/mol. The normalized spacial score (nSPS) is 14.1. The third-order valence-electron chi connectivity index (χ3n) is 2.87. The van der Waals surface area contributed by atoms with Crippen molar-refractivity contribution in [3.8, 4) is 5.75 Å². The van der Waals surface area contributed by atoms with Crippen molar-refractivity contribution >= 4 is 11.6 Å². The number of halogens is 1. The highest BCUT2D eigenvalue weighted by molar-refractivity contribution is 6.32. The number of benzene rings is 1. The molecular formula is C15H24ClNO3. The van der Waals surface area contributed by atoms with E-state index in [-0.39, 0.29) is 19.3 Å². The van der Waals surface area contributed by atoms with Crippen molar-refractivity contribution in [2.75, 3.05) is 19.8 Å². The van der Waals surface area contributed by atoms with Crippen LogP contribution in [-0.2, 0) is 4.74 Å². The maximum atomic E-state index is 9.73. The summed E-state index contributed by atoms with van der Waals surface area (Å²) in [6.07, 6.45) is 1.42. The Kier molecular flexibility index (Phi) is 7.92. The summed E-state index contributed by atoms with van der Waals surface area (Å²) in [5.41, 5.74) is 6.73. The Balaban J connectivity index is 2.37. The van der Waals surface area contributed by atoms with Crippen LogP contribution in [0.5, 0.6) is 5.75 Å². The molecule has 3 N–H and O–H groups in total. The lowest BCUT2D eigenvalue weighted by molar-refractivity contribution is 0.0113. The number of hydrogen-bond donors (Lipinski definition) is 2. The monoisotopic (exact) mass is 301 g/mol. The molecule has 0 saturated heterocycles. The standard InChI is InChI=1S/C15H24ClNO3/c1-3-4-7-19-9-13(18)10-20-15-6-5-12(11(2)17)8-14(15)16/h5-6,8,11,13,18H,3-4,7,9-10,17H2,1-2H3. The zero-order valence-corrected chi connectivity index (χ0v) is 12.9.